The molecule has 1 rings (SSSR count). The number of amides is 1. The summed E-state index contributed by atoms with van der Waals surface area (Å²) in [6.07, 6.45) is -1.00. The number of esters is 1. The van der Waals surface area contributed by atoms with Crippen molar-refractivity contribution in [2.75, 3.05) is 19.8 Å². The lowest BCUT2D eigenvalue weighted by Gasteiger charge is -2.28. The third-order valence-electron chi connectivity index (χ3n) is 3.44. The third-order valence-corrected chi connectivity index (χ3v) is 3.44. The van der Waals surface area contributed by atoms with Gasteiger partial charge in [-0.25, -0.2) is 9.18 Å². The molecule has 0 saturated carbocycles. The van der Waals surface area contributed by atoms with Crippen LogP contribution in [-0.2, 0) is 25.7 Å². The van der Waals surface area contributed by atoms with E-state index in [0.717, 1.165) is 10.5 Å². The second-order valence-corrected chi connectivity index (χ2v) is 5.50. The molecule has 1 aromatic rings. The van der Waals surface area contributed by atoms with Gasteiger partial charge in [-0.15, -0.1) is 0 Å². The fourth-order valence-corrected chi connectivity index (χ4v) is 2.25. The zero-order valence-corrected chi connectivity index (χ0v) is 14.6. The van der Waals surface area contributed by atoms with Gasteiger partial charge in [-0.1, -0.05) is 30.3 Å². The summed E-state index contributed by atoms with van der Waals surface area (Å²) in [5.74, 6) is -0.747. The van der Waals surface area contributed by atoms with Gasteiger partial charge in [0.1, 0.15) is 19.1 Å². The van der Waals surface area contributed by atoms with Crippen molar-refractivity contribution in [3.8, 4) is 0 Å². The number of ketones is 1. The number of Topliss-reactive ketones (excluding diaryl/α,β-unsaturated/α-hetero) is 1. The van der Waals surface area contributed by atoms with Crippen LogP contribution < -0.4 is 0 Å². The summed E-state index contributed by atoms with van der Waals surface area (Å²) in [4.78, 5) is 36.3. The van der Waals surface area contributed by atoms with E-state index in [2.05, 4.69) is 0 Å². The molecule has 1 amide bonds. The van der Waals surface area contributed by atoms with Crippen LogP contribution >= 0.6 is 0 Å². The number of ether oxygens (including phenoxy) is 2. The fourth-order valence-electron chi connectivity index (χ4n) is 2.25. The van der Waals surface area contributed by atoms with E-state index in [0.29, 0.717) is 0 Å². The van der Waals surface area contributed by atoms with Gasteiger partial charge in [0, 0.05) is 13.0 Å². The average molecular weight is 353 g/mol. The molecule has 0 radical (unpaired) electrons. The molecule has 0 aliphatic heterocycles. The van der Waals surface area contributed by atoms with Gasteiger partial charge in [0.15, 0.2) is 0 Å². The van der Waals surface area contributed by atoms with Crippen molar-refractivity contribution in [1.82, 2.24) is 4.90 Å². The maximum Gasteiger partial charge on any atom is 0.410 e. The van der Waals surface area contributed by atoms with Crippen LogP contribution in [0.3, 0.4) is 0 Å². The van der Waals surface area contributed by atoms with Crippen LogP contribution in [0.2, 0.25) is 0 Å². The summed E-state index contributed by atoms with van der Waals surface area (Å²) in [6.45, 7) is 2.26. The standard InChI is InChI=1S/C18H24FNO5/c1-3-24-17(22)9-10-20(16(12-19)11-14(2)21)18(23)25-13-15-7-5-4-6-8-15/h4-8,16H,3,9-13H2,1-2H3. The van der Waals surface area contributed by atoms with Crippen molar-refractivity contribution in [3.63, 3.8) is 0 Å². The van der Waals surface area contributed by atoms with E-state index < -0.39 is 24.8 Å². The lowest BCUT2D eigenvalue weighted by atomic mass is 10.1. The topological polar surface area (TPSA) is 72.9 Å². The molecule has 0 fully saturated rings. The van der Waals surface area contributed by atoms with Gasteiger partial charge in [0.25, 0.3) is 0 Å². The summed E-state index contributed by atoms with van der Waals surface area (Å²) in [5, 5.41) is 0. The monoisotopic (exact) mass is 353 g/mol. The number of carbonyl (C=O) groups excluding carboxylic acids is 3. The van der Waals surface area contributed by atoms with Gasteiger partial charge in [-0.3, -0.25) is 9.59 Å². The number of nitrogens with zero attached hydrogens (tertiary/aromatic N) is 1. The molecule has 0 N–H and O–H groups in total. The van der Waals surface area contributed by atoms with Gasteiger partial charge in [-0.05, 0) is 19.4 Å². The predicted octanol–water partition coefficient (Wildman–Crippen LogP) is 2.90. The van der Waals surface area contributed by atoms with Crippen molar-refractivity contribution in [2.45, 2.75) is 39.3 Å². The molecule has 6 nitrogen and oxygen atoms in total. The minimum absolute atomic E-state index is 0.0225. The van der Waals surface area contributed by atoms with Crippen LogP contribution in [0.5, 0.6) is 0 Å². The SMILES string of the molecule is CCOC(=O)CCN(C(=O)OCc1ccccc1)C(CF)CC(C)=O. The number of benzene rings is 1. The molecule has 1 unspecified atom stereocenters. The number of rotatable bonds is 10. The van der Waals surface area contributed by atoms with Crippen LogP contribution in [-0.4, -0.2) is 48.6 Å². The summed E-state index contributed by atoms with van der Waals surface area (Å²) >= 11 is 0. The molecule has 0 spiro atoms. The molecule has 1 aromatic carbocycles. The Balaban J connectivity index is 2.74. The molecule has 0 aromatic heterocycles. The fraction of sp³-hybridized carbons (Fsp3) is 0.500. The van der Waals surface area contributed by atoms with E-state index in [1.165, 1.54) is 6.92 Å². The predicted molar refractivity (Wildman–Crippen MR) is 89.6 cm³/mol. The van der Waals surface area contributed by atoms with E-state index >= 15 is 0 Å². The number of hydrogen-bond donors (Lipinski definition) is 0. The molecule has 0 bridgehead atoms. The number of hydrogen-bond acceptors (Lipinski definition) is 5. The van der Waals surface area contributed by atoms with Crippen LogP contribution in [0.4, 0.5) is 9.18 Å². The Hall–Kier alpha value is -2.44. The van der Waals surface area contributed by atoms with E-state index in [4.69, 9.17) is 9.47 Å². The summed E-state index contributed by atoms with van der Waals surface area (Å²) in [6, 6.07) is 8.07. The highest BCUT2D eigenvalue weighted by Gasteiger charge is 2.27. The number of halogens is 1. The molecule has 0 aliphatic rings. The molecular weight excluding hydrogens is 329 g/mol. The second-order valence-electron chi connectivity index (χ2n) is 5.50. The van der Waals surface area contributed by atoms with Crippen molar-refractivity contribution < 1.29 is 28.2 Å². The van der Waals surface area contributed by atoms with Gasteiger partial charge in [0.05, 0.1) is 19.1 Å². The van der Waals surface area contributed by atoms with Crippen molar-refractivity contribution in [2.24, 2.45) is 0 Å². The number of alkyl halides is 1. The Morgan fingerprint density at radius 1 is 1.16 bits per heavy atom. The molecule has 0 aliphatic carbocycles. The summed E-state index contributed by atoms with van der Waals surface area (Å²) < 4.78 is 23.4. The van der Waals surface area contributed by atoms with Gasteiger partial charge < -0.3 is 14.4 Å². The van der Waals surface area contributed by atoms with Gasteiger partial charge in [0.2, 0.25) is 0 Å². The van der Waals surface area contributed by atoms with Crippen LogP contribution in [0.15, 0.2) is 30.3 Å². The average Bonchev–Trinajstić information content (AvgIpc) is 2.59. The molecular formula is C18H24FNO5. The Morgan fingerprint density at radius 3 is 2.40 bits per heavy atom. The highest BCUT2D eigenvalue weighted by Crippen LogP contribution is 2.12. The Kier molecular flexibility index (Phi) is 9.21. The second kappa shape index (κ2) is 11.2. The molecule has 1 atom stereocenters. The number of carbonyl (C=O) groups is 3. The highest BCUT2D eigenvalue weighted by molar-refractivity contribution is 5.77. The first-order valence-electron chi connectivity index (χ1n) is 8.16. The lowest BCUT2D eigenvalue weighted by Crippen LogP contribution is -2.44. The minimum Gasteiger partial charge on any atom is -0.466 e. The van der Waals surface area contributed by atoms with Crippen LogP contribution in [0.1, 0.15) is 32.3 Å². The van der Waals surface area contributed by atoms with Crippen molar-refractivity contribution in [3.05, 3.63) is 35.9 Å². The Bertz CT molecular complexity index is 564. The van der Waals surface area contributed by atoms with E-state index in [9.17, 15) is 18.8 Å². The first-order chi connectivity index (χ1) is 12.0. The van der Waals surface area contributed by atoms with E-state index in [1.807, 2.05) is 18.2 Å². The zero-order chi connectivity index (χ0) is 18.7. The Labute approximate surface area is 146 Å². The normalized spacial score (nSPS) is 11.5. The zero-order valence-electron chi connectivity index (χ0n) is 14.6. The van der Waals surface area contributed by atoms with E-state index in [-0.39, 0.29) is 38.4 Å². The van der Waals surface area contributed by atoms with Crippen molar-refractivity contribution in [1.29, 1.82) is 0 Å². The molecule has 0 heterocycles. The molecule has 25 heavy (non-hydrogen) atoms. The quantitative estimate of drug-likeness (QED) is 0.605. The van der Waals surface area contributed by atoms with Gasteiger partial charge in [-0.2, -0.15) is 0 Å². The maximum absolute atomic E-state index is 13.3. The third kappa shape index (κ3) is 7.78. The smallest absolute Gasteiger partial charge is 0.410 e. The highest BCUT2D eigenvalue weighted by atomic mass is 19.1. The van der Waals surface area contributed by atoms with E-state index in [1.54, 1.807) is 19.1 Å². The molecule has 138 valence electrons. The Morgan fingerprint density at radius 2 is 1.84 bits per heavy atom. The minimum atomic E-state index is -0.963. The molecule has 7 heteroatoms. The first-order valence-corrected chi connectivity index (χ1v) is 8.16. The first kappa shape index (κ1) is 20.6. The van der Waals surface area contributed by atoms with Crippen LogP contribution in [0.25, 0.3) is 0 Å². The maximum atomic E-state index is 13.3. The lowest BCUT2D eigenvalue weighted by molar-refractivity contribution is -0.143. The summed E-state index contributed by atoms with van der Waals surface area (Å²) in [7, 11) is 0. The van der Waals surface area contributed by atoms with Crippen molar-refractivity contribution >= 4 is 17.8 Å². The van der Waals surface area contributed by atoms with Crippen LogP contribution in [0, 0.1) is 0 Å². The van der Waals surface area contributed by atoms with Gasteiger partial charge >= 0.3 is 12.1 Å². The summed E-state index contributed by atoms with van der Waals surface area (Å²) in [5.41, 5.74) is 0.782. The largest absolute Gasteiger partial charge is 0.466 e. The molecule has 0 saturated heterocycles.